The summed E-state index contributed by atoms with van der Waals surface area (Å²) in [5.74, 6) is 2.23. The molecule has 0 radical (unpaired) electrons. The third kappa shape index (κ3) is 3.33. The zero-order chi connectivity index (χ0) is 21.5. The molecule has 3 aromatic carbocycles. The number of fused-ring (bicyclic) bond motifs is 3. The highest BCUT2D eigenvalue weighted by atomic mass is 35.5. The molecule has 2 heterocycles. The molecular formula is C24H21ClN2O4. The Morgan fingerprint density at radius 3 is 2.61 bits per heavy atom. The lowest BCUT2D eigenvalue weighted by Crippen LogP contribution is -2.33. The molecule has 1 N–H and O–H groups in total. The molecule has 2 aliphatic rings. The molecule has 5 rings (SSSR count). The minimum Gasteiger partial charge on any atom is -0.507 e. The molecule has 0 aromatic heterocycles. The van der Waals surface area contributed by atoms with Crippen LogP contribution < -0.4 is 14.2 Å². The summed E-state index contributed by atoms with van der Waals surface area (Å²) in [7, 11) is 3.21. The maximum absolute atomic E-state index is 10.4. The Kier molecular flexibility index (Phi) is 4.87. The van der Waals surface area contributed by atoms with Gasteiger partial charge in [-0.3, -0.25) is 0 Å². The smallest absolute Gasteiger partial charge is 0.214 e. The van der Waals surface area contributed by atoms with Gasteiger partial charge in [0.15, 0.2) is 11.5 Å². The predicted molar refractivity (Wildman–Crippen MR) is 118 cm³/mol. The number of hydrogen-bond donors (Lipinski definition) is 1. The zero-order valence-corrected chi connectivity index (χ0v) is 17.8. The van der Waals surface area contributed by atoms with Gasteiger partial charge in [-0.05, 0) is 48.5 Å². The highest BCUT2D eigenvalue weighted by molar-refractivity contribution is 6.30. The van der Waals surface area contributed by atoms with E-state index in [-0.39, 0.29) is 11.8 Å². The highest BCUT2D eigenvalue weighted by Gasteiger charge is 2.41. The van der Waals surface area contributed by atoms with E-state index in [0.29, 0.717) is 28.5 Å². The van der Waals surface area contributed by atoms with Gasteiger partial charge in [0.1, 0.15) is 11.5 Å². The summed E-state index contributed by atoms with van der Waals surface area (Å²) in [4.78, 5) is 0. The fraction of sp³-hybridized carbons (Fsp3) is 0.208. The van der Waals surface area contributed by atoms with Crippen LogP contribution in [0.25, 0.3) is 0 Å². The van der Waals surface area contributed by atoms with E-state index in [1.165, 1.54) is 0 Å². The van der Waals surface area contributed by atoms with Crippen molar-refractivity contribution in [2.45, 2.75) is 18.7 Å². The quantitative estimate of drug-likeness (QED) is 0.600. The minimum atomic E-state index is -0.471. The van der Waals surface area contributed by atoms with Crippen molar-refractivity contribution >= 4 is 17.3 Å². The van der Waals surface area contributed by atoms with Gasteiger partial charge in [-0.15, -0.1) is 0 Å². The minimum absolute atomic E-state index is 0.0739. The van der Waals surface area contributed by atoms with Crippen LogP contribution >= 0.6 is 11.6 Å². The van der Waals surface area contributed by atoms with Crippen molar-refractivity contribution in [3.05, 3.63) is 82.4 Å². The molecule has 158 valence electrons. The monoisotopic (exact) mass is 436 g/mol. The number of hydrogen-bond acceptors (Lipinski definition) is 6. The molecule has 0 saturated carbocycles. The second kappa shape index (κ2) is 7.71. The van der Waals surface area contributed by atoms with Crippen molar-refractivity contribution in [1.82, 2.24) is 5.01 Å². The standard InChI is InChI=1S/C24H21ClN2O4/c1-29-22-9-7-14(11-23(22)30-2)24-27-19(17-12-15(25)8-10-21(17)31-24)13-18(26-27)16-5-3-4-6-20(16)28/h3-12,19,24,28H,13H2,1-2H3. The number of para-hydroxylation sites is 1. The van der Waals surface area contributed by atoms with E-state index in [1.54, 1.807) is 26.4 Å². The molecule has 0 spiro atoms. The molecule has 2 atom stereocenters. The number of methoxy groups -OCH3 is 2. The Hall–Kier alpha value is -3.38. The molecule has 2 unspecified atom stereocenters. The van der Waals surface area contributed by atoms with Crippen LogP contribution in [0.4, 0.5) is 0 Å². The Morgan fingerprint density at radius 2 is 1.84 bits per heavy atom. The fourth-order valence-corrected chi connectivity index (χ4v) is 4.35. The molecule has 0 amide bonds. The van der Waals surface area contributed by atoms with Gasteiger partial charge in [0.2, 0.25) is 6.23 Å². The Morgan fingerprint density at radius 1 is 1.03 bits per heavy atom. The summed E-state index contributed by atoms with van der Waals surface area (Å²) >= 11 is 6.29. The van der Waals surface area contributed by atoms with Gasteiger partial charge in [0.05, 0.1) is 26.0 Å². The SMILES string of the molecule is COc1ccc(C2Oc3ccc(Cl)cc3C3CC(c4ccccc4O)=NN32)cc1OC. The molecule has 0 aliphatic carbocycles. The summed E-state index contributed by atoms with van der Waals surface area (Å²) < 4.78 is 17.2. The number of benzene rings is 3. The molecule has 7 heteroatoms. The number of phenols is 1. The maximum Gasteiger partial charge on any atom is 0.214 e. The number of halogens is 1. The number of rotatable bonds is 4. The maximum atomic E-state index is 10.4. The second-order valence-corrected chi connectivity index (χ2v) is 7.87. The first-order valence-electron chi connectivity index (χ1n) is 9.91. The van der Waals surface area contributed by atoms with Gasteiger partial charge in [-0.25, -0.2) is 5.01 Å². The van der Waals surface area contributed by atoms with Gasteiger partial charge >= 0.3 is 0 Å². The van der Waals surface area contributed by atoms with Crippen molar-refractivity contribution in [1.29, 1.82) is 0 Å². The molecule has 31 heavy (non-hydrogen) atoms. The lowest BCUT2D eigenvalue weighted by Gasteiger charge is -2.38. The average Bonchev–Trinajstić information content (AvgIpc) is 3.24. The molecule has 2 aliphatic heterocycles. The number of ether oxygens (including phenoxy) is 3. The molecular weight excluding hydrogens is 416 g/mol. The lowest BCUT2D eigenvalue weighted by molar-refractivity contribution is -0.0191. The number of nitrogens with zero attached hydrogens (tertiary/aromatic N) is 2. The Labute approximate surface area is 185 Å². The summed E-state index contributed by atoms with van der Waals surface area (Å²) in [6.45, 7) is 0. The van der Waals surface area contributed by atoms with E-state index < -0.39 is 6.23 Å². The largest absolute Gasteiger partial charge is 0.507 e. The van der Waals surface area contributed by atoms with E-state index >= 15 is 0 Å². The second-order valence-electron chi connectivity index (χ2n) is 7.43. The van der Waals surface area contributed by atoms with Crippen molar-refractivity contribution in [2.75, 3.05) is 14.2 Å². The van der Waals surface area contributed by atoms with Crippen LogP contribution in [0.2, 0.25) is 5.02 Å². The summed E-state index contributed by atoms with van der Waals surface area (Å²) in [5.41, 5.74) is 3.36. The van der Waals surface area contributed by atoms with Crippen LogP contribution in [0.15, 0.2) is 65.8 Å². The predicted octanol–water partition coefficient (Wildman–Crippen LogP) is 5.31. The van der Waals surface area contributed by atoms with Gasteiger partial charge in [-0.2, -0.15) is 5.10 Å². The van der Waals surface area contributed by atoms with E-state index in [0.717, 1.165) is 22.6 Å². The van der Waals surface area contributed by atoms with Crippen LogP contribution in [0.1, 0.15) is 35.4 Å². The van der Waals surface area contributed by atoms with E-state index in [2.05, 4.69) is 0 Å². The molecule has 0 bridgehead atoms. The van der Waals surface area contributed by atoms with Crippen molar-refractivity contribution in [2.24, 2.45) is 5.10 Å². The molecule has 0 fully saturated rings. The van der Waals surface area contributed by atoms with Crippen molar-refractivity contribution < 1.29 is 19.3 Å². The summed E-state index contributed by atoms with van der Waals surface area (Å²) in [6, 6.07) is 18.5. The van der Waals surface area contributed by atoms with E-state index in [4.69, 9.17) is 30.9 Å². The third-order valence-corrected chi connectivity index (χ3v) is 5.89. The van der Waals surface area contributed by atoms with Crippen LogP contribution in [-0.4, -0.2) is 30.0 Å². The highest BCUT2D eigenvalue weighted by Crippen LogP contribution is 2.49. The topological polar surface area (TPSA) is 63.5 Å². The van der Waals surface area contributed by atoms with E-state index in [9.17, 15) is 5.11 Å². The fourth-order valence-electron chi connectivity index (χ4n) is 4.16. The van der Waals surface area contributed by atoms with Crippen molar-refractivity contribution in [3.63, 3.8) is 0 Å². The normalized spacial score (nSPS) is 19.2. The molecule has 3 aromatic rings. The summed E-state index contributed by atoms with van der Waals surface area (Å²) in [5, 5.41) is 17.8. The first-order chi connectivity index (χ1) is 15.1. The number of hydrazone groups is 1. The Balaban J connectivity index is 1.62. The van der Waals surface area contributed by atoms with Gasteiger partial charge < -0.3 is 19.3 Å². The van der Waals surface area contributed by atoms with Crippen LogP contribution in [-0.2, 0) is 0 Å². The summed E-state index contributed by atoms with van der Waals surface area (Å²) in [6.07, 6.45) is 0.153. The number of phenolic OH excluding ortho intramolecular Hbond substituents is 1. The number of aromatic hydroxyl groups is 1. The van der Waals surface area contributed by atoms with E-state index in [1.807, 2.05) is 53.5 Å². The van der Waals surface area contributed by atoms with Crippen LogP contribution in [0, 0.1) is 0 Å². The van der Waals surface area contributed by atoms with Crippen LogP contribution in [0.3, 0.4) is 0 Å². The van der Waals surface area contributed by atoms with Crippen LogP contribution in [0.5, 0.6) is 23.0 Å². The molecule has 6 nitrogen and oxygen atoms in total. The van der Waals surface area contributed by atoms with Gasteiger partial charge in [0.25, 0.3) is 0 Å². The first-order valence-corrected chi connectivity index (χ1v) is 10.3. The van der Waals surface area contributed by atoms with Crippen molar-refractivity contribution in [3.8, 4) is 23.0 Å². The van der Waals surface area contributed by atoms with Gasteiger partial charge in [0, 0.05) is 28.1 Å². The molecule has 0 saturated heterocycles. The zero-order valence-electron chi connectivity index (χ0n) is 17.1. The van der Waals surface area contributed by atoms with Gasteiger partial charge in [-0.1, -0.05) is 23.7 Å². The first kappa shape index (κ1) is 19.6. The lowest BCUT2D eigenvalue weighted by atomic mass is 9.95. The Bertz CT molecular complexity index is 1180. The average molecular weight is 437 g/mol. The third-order valence-electron chi connectivity index (χ3n) is 5.66.